The van der Waals surface area contributed by atoms with Gasteiger partial charge < -0.3 is 14.7 Å². The second kappa shape index (κ2) is 7.77. The third-order valence-corrected chi connectivity index (χ3v) is 5.09. The van der Waals surface area contributed by atoms with Gasteiger partial charge in [-0.3, -0.25) is 4.79 Å². The molecule has 5 nitrogen and oxygen atoms in total. The summed E-state index contributed by atoms with van der Waals surface area (Å²) in [4.78, 5) is 18.9. The molecule has 1 N–H and O–H groups in total. The summed E-state index contributed by atoms with van der Waals surface area (Å²) in [5.74, 6) is 0.839. The smallest absolute Gasteiger partial charge is 0.254 e. The van der Waals surface area contributed by atoms with Gasteiger partial charge in [0.05, 0.1) is 11.2 Å². The van der Waals surface area contributed by atoms with Gasteiger partial charge in [0.25, 0.3) is 5.91 Å². The third kappa shape index (κ3) is 3.94. The van der Waals surface area contributed by atoms with E-state index in [1.165, 1.54) is 11.3 Å². The van der Waals surface area contributed by atoms with Crippen LogP contribution in [0.25, 0.3) is 0 Å². The topological polar surface area (TPSA) is 62.7 Å². The average Bonchev–Trinajstić information content (AvgIpc) is 3.14. The summed E-state index contributed by atoms with van der Waals surface area (Å²) >= 11 is 1.53. The molecule has 0 saturated carbocycles. The van der Waals surface area contributed by atoms with Crippen LogP contribution in [0.1, 0.15) is 35.8 Å². The molecule has 1 aromatic carbocycles. The molecule has 24 heavy (non-hydrogen) atoms. The average molecular weight is 346 g/mol. The highest BCUT2D eigenvalue weighted by Gasteiger charge is 2.29. The molecule has 128 valence electrons. The zero-order valence-corrected chi connectivity index (χ0v) is 14.5. The van der Waals surface area contributed by atoms with E-state index in [4.69, 9.17) is 4.74 Å². The van der Waals surface area contributed by atoms with Crippen molar-refractivity contribution in [3.05, 3.63) is 46.4 Å². The molecule has 0 spiro atoms. The van der Waals surface area contributed by atoms with E-state index in [2.05, 4.69) is 11.9 Å². The van der Waals surface area contributed by atoms with Gasteiger partial charge in [-0.15, -0.1) is 11.3 Å². The SMILES string of the molecule is CC1CCC(CO)CN1C(=O)c1cccc(OCc2cscn2)c1. The predicted octanol–water partition coefficient (Wildman–Crippen LogP) is 2.96. The van der Waals surface area contributed by atoms with E-state index in [-0.39, 0.29) is 24.5 Å². The fourth-order valence-electron chi connectivity index (χ4n) is 2.97. The van der Waals surface area contributed by atoms with Crippen molar-refractivity contribution in [1.29, 1.82) is 0 Å². The Morgan fingerprint density at radius 2 is 2.33 bits per heavy atom. The van der Waals surface area contributed by atoms with Crippen molar-refractivity contribution < 1.29 is 14.6 Å². The van der Waals surface area contributed by atoms with Gasteiger partial charge in [-0.1, -0.05) is 6.07 Å². The van der Waals surface area contributed by atoms with Gasteiger partial charge in [-0.2, -0.15) is 0 Å². The minimum absolute atomic E-state index is 0.000224. The summed E-state index contributed by atoms with van der Waals surface area (Å²) in [6.45, 7) is 3.20. The number of thiazole rings is 1. The van der Waals surface area contributed by atoms with Gasteiger partial charge >= 0.3 is 0 Å². The zero-order chi connectivity index (χ0) is 16.9. The highest BCUT2D eigenvalue weighted by Crippen LogP contribution is 2.24. The number of carbonyl (C=O) groups is 1. The lowest BCUT2D eigenvalue weighted by Gasteiger charge is -2.37. The second-order valence-electron chi connectivity index (χ2n) is 6.23. The molecule has 2 atom stereocenters. The van der Waals surface area contributed by atoms with Crippen molar-refractivity contribution in [1.82, 2.24) is 9.88 Å². The number of benzene rings is 1. The Balaban J connectivity index is 1.69. The number of nitrogens with zero attached hydrogens (tertiary/aromatic N) is 2. The number of piperidine rings is 1. The van der Waals surface area contributed by atoms with Crippen LogP contribution in [0.5, 0.6) is 5.75 Å². The molecule has 0 aliphatic carbocycles. The molecule has 0 radical (unpaired) electrons. The number of hydrogen-bond donors (Lipinski definition) is 1. The van der Waals surface area contributed by atoms with Crippen LogP contribution in [0.4, 0.5) is 0 Å². The number of aliphatic hydroxyl groups is 1. The number of rotatable bonds is 5. The molecule has 1 aliphatic rings. The van der Waals surface area contributed by atoms with E-state index >= 15 is 0 Å². The molecule has 1 aliphatic heterocycles. The molecular formula is C18H22N2O3S. The standard InChI is InChI=1S/C18H22N2O3S/c1-13-5-6-14(9-21)8-20(13)18(22)15-3-2-4-17(7-15)23-10-16-11-24-12-19-16/h2-4,7,11-14,21H,5-6,8-10H2,1H3. The fraction of sp³-hybridized carbons (Fsp3) is 0.444. The molecule has 3 rings (SSSR count). The molecule has 1 saturated heterocycles. The molecule has 1 aromatic heterocycles. The molecule has 1 amide bonds. The van der Waals surface area contributed by atoms with E-state index in [0.717, 1.165) is 18.5 Å². The number of ether oxygens (including phenoxy) is 1. The Morgan fingerprint density at radius 3 is 3.08 bits per heavy atom. The fourth-order valence-corrected chi connectivity index (χ4v) is 3.51. The third-order valence-electron chi connectivity index (χ3n) is 4.45. The first-order chi connectivity index (χ1) is 11.7. The highest BCUT2D eigenvalue weighted by atomic mass is 32.1. The maximum atomic E-state index is 12.8. The van der Waals surface area contributed by atoms with Crippen LogP contribution in [0.15, 0.2) is 35.2 Å². The van der Waals surface area contributed by atoms with Crippen LogP contribution >= 0.6 is 11.3 Å². The zero-order valence-electron chi connectivity index (χ0n) is 13.7. The predicted molar refractivity (Wildman–Crippen MR) is 93.2 cm³/mol. The van der Waals surface area contributed by atoms with Crippen LogP contribution in [-0.4, -0.2) is 40.1 Å². The van der Waals surface area contributed by atoms with Crippen LogP contribution in [-0.2, 0) is 6.61 Å². The Morgan fingerprint density at radius 1 is 1.46 bits per heavy atom. The minimum Gasteiger partial charge on any atom is -0.487 e. The number of amides is 1. The van der Waals surface area contributed by atoms with Crippen molar-refractivity contribution in [2.24, 2.45) is 5.92 Å². The van der Waals surface area contributed by atoms with Gasteiger partial charge in [-0.05, 0) is 43.9 Å². The number of hydrogen-bond acceptors (Lipinski definition) is 5. The first kappa shape index (κ1) is 16.9. The maximum Gasteiger partial charge on any atom is 0.254 e. The lowest BCUT2D eigenvalue weighted by atomic mass is 9.93. The van der Waals surface area contributed by atoms with Crippen LogP contribution in [0.3, 0.4) is 0 Å². The molecule has 6 heteroatoms. The van der Waals surface area contributed by atoms with Crippen molar-refractivity contribution in [2.45, 2.75) is 32.4 Å². The van der Waals surface area contributed by atoms with E-state index in [9.17, 15) is 9.90 Å². The van der Waals surface area contributed by atoms with E-state index in [0.29, 0.717) is 24.5 Å². The summed E-state index contributed by atoms with van der Waals surface area (Å²) in [6, 6.07) is 7.47. The van der Waals surface area contributed by atoms with Crippen LogP contribution in [0, 0.1) is 5.92 Å². The Kier molecular flexibility index (Phi) is 5.48. The molecule has 2 unspecified atom stereocenters. The Hall–Kier alpha value is -1.92. The largest absolute Gasteiger partial charge is 0.487 e. The summed E-state index contributed by atoms with van der Waals surface area (Å²) in [7, 11) is 0. The molecule has 0 bridgehead atoms. The first-order valence-electron chi connectivity index (χ1n) is 8.19. The van der Waals surface area contributed by atoms with Crippen LogP contribution < -0.4 is 4.74 Å². The summed E-state index contributed by atoms with van der Waals surface area (Å²) in [5, 5.41) is 11.3. The Bertz CT molecular complexity index is 675. The monoisotopic (exact) mass is 346 g/mol. The lowest BCUT2D eigenvalue weighted by Crippen LogP contribution is -2.46. The van der Waals surface area contributed by atoms with Crippen molar-refractivity contribution in [3.8, 4) is 5.75 Å². The van der Waals surface area contributed by atoms with Crippen molar-refractivity contribution in [2.75, 3.05) is 13.2 Å². The first-order valence-corrected chi connectivity index (χ1v) is 9.13. The van der Waals surface area contributed by atoms with E-state index in [1.54, 1.807) is 11.6 Å². The minimum atomic E-state index is -0.000224. The molecule has 2 heterocycles. The van der Waals surface area contributed by atoms with Gasteiger partial charge in [0.1, 0.15) is 12.4 Å². The van der Waals surface area contributed by atoms with Crippen molar-refractivity contribution in [3.63, 3.8) is 0 Å². The maximum absolute atomic E-state index is 12.8. The van der Waals surface area contributed by atoms with Gasteiger partial charge in [-0.25, -0.2) is 4.98 Å². The number of likely N-dealkylation sites (tertiary alicyclic amines) is 1. The van der Waals surface area contributed by atoms with Gasteiger partial charge in [0.2, 0.25) is 0 Å². The highest BCUT2D eigenvalue weighted by molar-refractivity contribution is 7.07. The van der Waals surface area contributed by atoms with Gasteiger partial charge in [0.15, 0.2) is 0 Å². The normalized spacial score (nSPS) is 20.8. The quantitative estimate of drug-likeness (QED) is 0.904. The molecule has 2 aromatic rings. The van der Waals surface area contributed by atoms with Crippen LogP contribution in [0.2, 0.25) is 0 Å². The molecule has 1 fully saturated rings. The number of aromatic nitrogens is 1. The van der Waals surface area contributed by atoms with E-state index in [1.807, 2.05) is 28.5 Å². The molecular weight excluding hydrogens is 324 g/mol. The summed E-state index contributed by atoms with van der Waals surface area (Å²) < 4.78 is 5.73. The Labute approximate surface area is 145 Å². The van der Waals surface area contributed by atoms with Crippen molar-refractivity contribution >= 4 is 17.2 Å². The lowest BCUT2D eigenvalue weighted by molar-refractivity contribution is 0.0488. The number of aliphatic hydroxyl groups excluding tert-OH is 1. The summed E-state index contributed by atoms with van der Waals surface area (Å²) in [6.07, 6.45) is 1.90. The number of carbonyl (C=O) groups excluding carboxylic acids is 1. The summed E-state index contributed by atoms with van der Waals surface area (Å²) in [5.41, 5.74) is 3.27. The van der Waals surface area contributed by atoms with Gasteiger partial charge in [0, 0.05) is 30.1 Å². The van der Waals surface area contributed by atoms with E-state index < -0.39 is 0 Å². The second-order valence-corrected chi connectivity index (χ2v) is 6.95.